The lowest BCUT2D eigenvalue weighted by Crippen LogP contribution is -2.40. The predicted molar refractivity (Wildman–Crippen MR) is 95.7 cm³/mol. The van der Waals surface area contributed by atoms with E-state index >= 15 is 0 Å². The second-order valence-corrected chi connectivity index (χ2v) is 6.14. The molecule has 1 amide bonds. The van der Waals surface area contributed by atoms with Gasteiger partial charge in [0.15, 0.2) is 12.4 Å². The molecule has 0 bridgehead atoms. The first-order valence-corrected chi connectivity index (χ1v) is 8.24. The average Bonchev–Trinajstić information content (AvgIpc) is 2.60. The third kappa shape index (κ3) is 3.50. The maximum atomic E-state index is 12.7. The van der Waals surface area contributed by atoms with Crippen LogP contribution >= 0.6 is 0 Å². The van der Waals surface area contributed by atoms with Crippen molar-refractivity contribution in [3.8, 4) is 11.5 Å². The van der Waals surface area contributed by atoms with Crippen LogP contribution in [0.1, 0.15) is 28.4 Å². The van der Waals surface area contributed by atoms with E-state index in [1.165, 1.54) is 6.92 Å². The van der Waals surface area contributed by atoms with Crippen molar-refractivity contribution in [3.05, 3.63) is 53.1 Å². The summed E-state index contributed by atoms with van der Waals surface area (Å²) in [7, 11) is 0. The van der Waals surface area contributed by atoms with Crippen LogP contribution < -0.4 is 14.4 Å². The molecule has 0 atom stereocenters. The van der Waals surface area contributed by atoms with Crippen LogP contribution in [0.3, 0.4) is 0 Å². The van der Waals surface area contributed by atoms with E-state index in [1.54, 1.807) is 23.1 Å². The third-order valence-corrected chi connectivity index (χ3v) is 4.28. The number of carbonyl (C=O) groups excluding carboxylic acids is 2. The number of ether oxygens (including phenoxy) is 2. The quantitative estimate of drug-likeness (QED) is 0.802. The van der Waals surface area contributed by atoms with E-state index < -0.39 is 0 Å². The molecule has 2 aromatic carbocycles. The minimum Gasteiger partial charge on any atom is -0.490 e. The summed E-state index contributed by atoms with van der Waals surface area (Å²) >= 11 is 0. The first-order chi connectivity index (χ1) is 12.0. The molecule has 1 aliphatic rings. The number of fused-ring (bicyclic) bond motifs is 1. The topological polar surface area (TPSA) is 55.8 Å². The Morgan fingerprint density at radius 3 is 2.56 bits per heavy atom. The molecular formula is C20H21NO4. The van der Waals surface area contributed by atoms with Crippen LogP contribution in [0.2, 0.25) is 0 Å². The van der Waals surface area contributed by atoms with Crippen LogP contribution in [0.5, 0.6) is 11.5 Å². The molecule has 0 unspecified atom stereocenters. The van der Waals surface area contributed by atoms with E-state index in [-0.39, 0.29) is 18.3 Å². The summed E-state index contributed by atoms with van der Waals surface area (Å²) in [5.74, 6) is 1.14. The molecular weight excluding hydrogens is 318 g/mol. The molecule has 1 aliphatic heterocycles. The smallest absolute Gasteiger partial charge is 0.265 e. The number of hydrogen-bond donors (Lipinski definition) is 0. The van der Waals surface area contributed by atoms with Crippen LogP contribution in [-0.2, 0) is 4.79 Å². The Kier molecular flexibility index (Phi) is 4.74. The summed E-state index contributed by atoms with van der Waals surface area (Å²) in [6.45, 7) is 6.20. The lowest BCUT2D eigenvalue weighted by molar-refractivity contribution is -0.120. The normalized spacial score (nSPS) is 13.0. The lowest BCUT2D eigenvalue weighted by Gasteiger charge is -2.30. The van der Waals surface area contributed by atoms with Gasteiger partial charge in [0.05, 0.1) is 12.2 Å². The zero-order valence-corrected chi connectivity index (χ0v) is 14.7. The molecule has 0 radical (unpaired) electrons. The van der Waals surface area contributed by atoms with E-state index in [4.69, 9.17) is 9.47 Å². The molecule has 0 saturated heterocycles. The van der Waals surface area contributed by atoms with E-state index in [0.29, 0.717) is 30.2 Å². The molecule has 0 fully saturated rings. The third-order valence-electron chi connectivity index (χ3n) is 4.28. The standard InChI is InChI=1S/C20H21NO4/c1-13-5-4-6-14(2)20(13)25-12-19(23)21-9-10-24-18-8-7-16(15(3)22)11-17(18)21/h4-8,11H,9-10,12H2,1-3H3. The number of amides is 1. The van der Waals surface area contributed by atoms with Crippen molar-refractivity contribution < 1.29 is 19.1 Å². The van der Waals surface area contributed by atoms with Crippen molar-refractivity contribution in [2.24, 2.45) is 0 Å². The zero-order valence-electron chi connectivity index (χ0n) is 14.7. The summed E-state index contributed by atoms with van der Waals surface area (Å²) in [5, 5.41) is 0. The summed E-state index contributed by atoms with van der Waals surface area (Å²) < 4.78 is 11.4. The monoisotopic (exact) mass is 339 g/mol. The van der Waals surface area contributed by atoms with E-state index in [2.05, 4.69) is 0 Å². The van der Waals surface area contributed by atoms with Crippen molar-refractivity contribution in [3.63, 3.8) is 0 Å². The lowest BCUT2D eigenvalue weighted by atomic mass is 10.1. The number of hydrogen-bond acceptors (Lipinski definition) is 4. The first kappa shape index (κ1) is 17.0. The second-order valence-electron chi connectivity index (χ2n) is 6.14. The van der Waals surface area contributed by atoms with Crippen molar-refractivity contribution in [2.75, 3.05) is 24.7 Å². The fourth-order valence-corrected chi connectivity index (χ4v) is 2.93. The van der Waals surface area contributed by atoms with Gasteiger partial charge in [-0.25, -0.2) is 0 Å². The van der Waals surface area contributed by atoms with Crippen LogP contribution in [0.15, 0.2) is 36.4 Å². The number of para-hydroxylation sites is 1. The number of carbonyl (C=O) groups is 2. The Morgan fingerprint density at radius 1 is 1.16 bits per heavy atom. The molecule has 25 heavy (non-hydrogen) atoms. The molecule has 0 spiro atoms. The van der Waals surface area contributed by atoms with Crippen molar-refractivity contribution in [1.29, 1.82) is 0 Å². The number of benzene rings is 2. The zero-order chi connectivity index (χ0) is 18.0. The van der Waals surface area contributed by atoms with Crippen LogP contribution in [0, 0.1) is 13.8 Å². The molecule has 1 heterocycles. The highest BCUT2D eigenvalue weighted by atomic mass is 16.5. The maximum absolute atomic E-state index is 12.7. The first-order valence-electron chi connectivity index (χ1n) is 8.24. The van der Waals surface area contributed by atoms with Crippen molar-refractivity contribution in [1.82, 2.24) is 0 Å². The van der Waals surface area contributed by atoms with Gasteiger partial charge in [-0.1, -0.05) is 18.2 Å². The summed E-state index contributed by atoms with van der Waals surface area (Å²) in [5.41, 5.74) is 3.16. The number of nitrogens with zero attached hydrogens (tertiary/aromatic N) is 1. The highest BCUT2D eigenvalue weighted by Gasteiger charge is 2.25. The Morgan fingerprint density at radius 2 is 1.88 bits per heavy atom. The Bertz CT molecular complexity index is 808. The van der Waals surface area contributed by atoms with Gasteiger partial charge in [0, 0.05) is 5.56 Å². The van der Waals surface area contributed by atoms with Gasteiger partial charge in [-0.3, -0.25) is 9.59 Å². The van der Waals surface area contributed by atoms with Gasteiger partial charge in [-0.2, -0.15) is 0 Å². The Balaban J connectivity index is 1.80. The van der Waals surface area contributed by atoms with Gasteiger partial charge < -0.3 is 14.4 Å². The van der Waals surface area contributed by atoms with Gasteiger partial charge in [-0.05, 0) is 50.1 Å². The molecule has 5 heteroatoms. The number of aryl methyl sites for hydroxylation is 2. The largest absolute Gasteiger partial charge is 0.490 e. The van der Waals surface area contributed by atoms with E-state index in [0.717, 1.165) is 16.9 Å². The van der Waals surface area contributed by atoms with Gasteiger partial charge in [0.1, 0.15) is 18.1 Å². The second kappa shape index (κ2) is 6.97. The van der Waals surface area contributed by atoms with Gasteiger partial charge in [-0.15, -0.1) is 0 Å². The highest BCUT2D eigenvalue weighted by Crippen LogP contribution is 2.33. The highest BCUT2D eigenvalue weighted by molar-refractivity contribution is 6.00. The molecule has 0 aromatic heterocycles. The average molecular weight is 339 g/mol. The molecule has 5 nitrogen and oxygen atoms in total. The Hall–Kier alpha value is -2.82. The molecule has 3 rings (SSSR count). The minimum absolute atomic E-state index is 0.0486. The van der Waals surface area contributed by atoms with Crippen molar-refractivity contribution >= 4 is 17.4 Å². The number of anilines is 1. The fraction of sp³-hybridized carbons (Fsp3) is 0.300. The van der Waals surface area contributed by atoms with Gasteiger partial charge in [0.25, 0.3) is 5.91 Å². The van der Waals surface area contributed by atoms with Crippen LogP contribution in [0.4, 0.5) is 5.69 Å². The van der Waals surface area contributed by atoms with Gasteiger partial charge in [0.2, 0.25) is 0 Å². The molecule has 2 aromatic rings. The van der Waals surface area contributed by atoms with E-state index in [9.17, 15) is 9.59 Å². The predicted octanol–water partition coefficient (Wildman–Crippen LogP) is 3.31. The summed E-state index contributed by atoms with van der Waals surface area (Å²) in [4.78, 5) is 25.9. The van der Waals surface area contributed by atoms with Crippen LogP contribution in [0.25, 0.3) is 0 Å². The number of ketones is 1. The maximum Gasteiger partial charge on any atom is 0.265 e. The molecule has 0 saturated carbocycles. The molecule has 0 aliphatic carbocycles. The number of rotatable bonds is 4. The van der Waals surface area contributed by atoms with E-state index in [1.807, 2.05) is 32.0 Å². The van der Waals surface area contributed by atoms with Crippen molar-refractivity contribution in [2.45, 2.75) is 20.8 Å². The Labute approximate surface area is 147 Å². The summed E-state index contributed by atoms with van der Waals surface area (Å²) in [6, 6.07) is 11.0. The number of Topliss-reactive ketones (excluding diaryl/α,β-unsaturated/α-hetero) is 1. The van der Waals surface area contributed by atoms with Gasteiger partial charge >= 0.3 is 0 Å². The molecule has 0 N–H and O–H groups in total. The SMILES string of the molecule is CC(=O)c1ccc2c(c1)N(C(=O)COc1c(C)cccc1C)CCO2. The minimum atomic E-state index is -0.159. The fourth-order valence-electron chi connectivity index (χ4n) is 2.93. The van der Waals surface area contributed by atoms with Crippen LogP contribution in [-0.4, -0.2) is 31.4 Å². The molecule has 130 valence electrons. The summed E-state index contributed by atoms with van der Waals surface area (Å²) in [6.07, 6.45) is 0.